The quantitative estimate of drug-likeness (QED) is 0.649. The molecule has 1 fully saturated rings. The summed E-state index contributed by atoms with van der Waals surface area (Å²) in [4.78, 5) is 8.68. The van der Waals surface area contributed by atoms with E-state index in [1.807, 2.05) is 6.07 Å². The molecule has 1 saturated carbocycles. The smallest absolute Gasteiger partial charge is 0.333 e. The Morgan fingerprint density at radius 3 is 2.71 bits per heavy atom. The normalized spacial score (nSPS) is 24.1. The lowest BCUT2D eigenvalue weighted by molar-refractivity contribution is 0.256. The minimum Gasteiger partial charge on any atom is -0.367 e. The molecule has 0 radical (unpaired) electrons. The van der Waals surface area contributed by atoms with Crippen molar-refractivity contribution in [1.82, 2.24) is 9.97 Å². The summed E-state index contributed by atoms with van der Waals surface area (Å²) in [6, 6.07) is 10.9. The highest BCUT2D eigenvalue weighted by Crippen LogP contribution is 2.33. The fraction of sp³-hybridized carbons (Fsp3) is 0.474. The highest BCUT2D eigenvalue weighted by atomic mass is 32.2. The summed E-state index contributed by atoms with van der Waals surface area (Å²) in [7, 11) is -3.88. The molecular weight excluding hydrogens is 378 g/mol. The van der Waals surface area contributed by atoms with Gasteiger partial charge in [-0.05, 0) is 49.1 Å². The molecule has 0 amide bonds. The number of rotatable bonds is 7. The van der Waals surface area contributed by atoms with Crippen LogP contribution >= 0.6 is 0 Å². The lowest BCUT2D eigenvalue weighted by Crippen LogP contribution is -2.21. The predicted molar refractivity (Wildman–Crippen MR) is 107 cm³/mol. The molecule has 2 aromatic rings. The summed E-state index contributed by atoms with van der Waals surface area (Å²) in [6.07, 6.45) is 6.33. The molecule has 1 heterocycles. The molecule has 2 aliphatic rings. The average molecular weight is 404 g/mol. The SMILES string of the molecule is NS(=O)(=O)OC[C@H]1CC[C@H](Nc2cc(N[C@H]3CCc4ccccc43)ncn2)C1. The molecule has 8 nitrogen and oxygen atoms in total. The van der Waals surface area contributed by atoms with Crippen molar-refractivity contribution in [2.75, 3.05) is 17.2 Å². The van der Waals surface area contributed by atoms with Gasteiger partial charge in [0, 0.05) is 12.1 Å². The van der Waals surface area contributed by atoms with Crippen LogP contribution in [-0.2, 0) is 20.9 Å². The van der Waals surface area contributed by atoms with Gasteiger partial charge in [0.15, 0.2) is 0 Å². The van der Waals surface area contributed by atoms with E-state index in [1.54, 1.807) is 6.33 Å². The third-order valence-electron chi connectivity index (χ3n) is 5.48. The van der Waals surface area contributed by atoms with Crippen LogP contribution in [0.25, 0.3) is 0 Å². The Hall–Kier alpha value is -2.23. The largest absolute Gasteiger partial charge is 0.367 e. The third kappa shape index (κ3) is 4.78. The number of nitrogens with two attached hydrogens (primary N) is 1. The third-order valence-corrected chi connectivity index (χ3v) is 5.95. The molecule has 1 aromatic carbocycles. The lowest BCUT2D eigenvalue weighted by Gasteiger charge is -2.17. The molecule has 1 aromatic heterocycles. The standard InChI is InChI=1S/C19H25N5O3S/c20-28(25,26)27-11-13-5-7-15(9-13)23-18-10-19(22-12-21-18)24-17-8-6-14-3-1-2-4-16(14)17/h1-4,10,12-13,15,17H,5-9,11H2,(H2,20,25,26)(H2,21,22,23,24)/t13-,15-,17-/m0/s1. The number of hydrogen-bond donors (Lipinski definition) is 3. The molecule has 0 saturated heterocycles. The first kappa shape index (κ1) is 19.1. The molecule has 28 heavy (non-hydrogen) atoms. The van der Waals surface area contributed by atoms with Gasteiger partial charge in [0.05, 0.1) is 12.6 Å². The number of anilines is 2. The fourth-order valence-electron chi connectivity index (χ4n) is 4.16. The van der Waals surface area contributed by atoms with Crippen molar-refractivity contribution in [2.24, 2.45) is 11.1 Å². The first-order valence-electron chi connectivity index (χ1n) is 9.56. The van der Waals surface area contributed by atoms with Crippen molar-refractivity contribution in [3.63, 3.8) is 0 Å². The van der Waals surface area contributed by atoms with Gasteiger partial charge in [-0.25, -0.2) is 15.1 Å². The van der Waals surface area contributed by atoms with Crippen LogP contribution in [0.5, 0.6) is 0 Å². The highest BCUT2D eigenvalue weighted by Gasteiger charge is 2.26. The van der Waals surface area contributed by atoms with E-state index in [0.29, 0.717) is 0 Å². The summed E-state index contributed by atoms with van der Waals surface area (Å²) in [6.45, 7) is 0.134. The van der Waals surface area contributed by atoms with Crippen LogP contribution in [0.1, 0.15) is 42.9 Å². The van der Waals surface area contributed by atoms with Crippen molar-refractivity contribution in [3.05, 3.63) is 47.8 Å². The maximum Gasteiger partial charge on any atom is 0.333 e. The Labute approximate surface area is 165 Å². The van der Waals surface area contributed by atoms with E-state index in [2.05, 4.69) is 44.9 Å². The summed E-state index contributed by atoms with van der Waals surface area (Å²) in [5.41, 5.74) is 2.73. The van der Waals surface area contributed by atoms with Crippen LogP contribution in [0, 0.1) is 5.92 Å². The Morgan fingerprint density at radius 1 is 1.11 bits per heavy atom. The second kappa shape index (κ2) is 8.02. The zero-order valence-corrected chi connectivity index (χ0v) is 16.4. The van der Waals surface area contributed by atoms with Gasteiger partial charge >= 0.3 is 10.3 Å². The summed E-state index contributed by atoms with van der Waals surface area (Å²) >= 11 is 0. The number of aromatic nitrogens is 2. The van der Waals surface area contributed by atoms with Crippen molar-refractivity contribution < 1.29 is 12.6 Å². The molecule has 150 valence electrons. The minimum atomic E-state index is -3.88. The van der Waals surface area contributed by atoms with Crippen molar-refractivity contribution in [3.8, 4) is 0 Å². The first-order valence-corrected chi connectivity index (χ1v) is 11.0. The molecule has 0 aliphatic heterocycles. The number of nitrogens with one attached hydrogen (secondary N) is 2. The summed E-state index contributed by atoms with van der Waals surface area (Å²) in [5, 5.41) is 11.8. The van der Waals surface area contributed by atoms with Crippen molar-refractivity contribution in [2.45, 2.75) is 44.2 Å². The molecule has 3 atom stereocenters. The molecule has 4 N–H and O–H groups in total. The Kier molecular flexibility index (Phi) is 5.47. The second-order valence-corrected chi connectivity index (χ2v) is 8.74. The van der Waals surface area contributed by atoms with E-state index >= 15 is 0 Å². The predicted octanol–water partition coefficient (Wildman–Crippen LogP) is 2.38. The summed E-state index contributed by atoms with van der Waals surface area (Å²) in [5.74, 6) is 1.73. The molecule has 9 heteroatoms. The number of nitrogens with zero attached hydrogens (tertiary/aromatic N) is 2. The molecule has 0 spiro atoms. The zero-order chi connectivity index (χ0) is 19.6. The number of hydrogen-bond acceptors (Lipinski definition) is 7. The fourth-order valence-corrected chi connectivity index (χ4v) is 4.54. The molecule has 0 unspecified atom stereocenters. The van der Waals surface area contributed by atoms with Crippen LogP contribution in [-0.4, -0.2) is 31.0 Å². The van der Waals surface area contributed by atoms with Gasteiger partial charge in [-0.3, -0.25) is 4.18 Å². The van der Waals surface area contributed by atoms with Gasteiger partial charge in [-0.1, -0.05) is 24.3 Å². The van der Waals surface area contributed by atoms with Crippen molar-refractivity contribution in [1.29, 1.82) is 0 Å². The minimum absolute atomic E-state index is 0.134. The van der Waals surface area contributed by atoms with E-state index in [0.717, 1.165) is 43.7 Å². The van der Waals surface area contributed by atoms with Gasteiger partial charge in [0.2, 0.25) is 0 Å². The second-order valence-electron chi connectivity index (χ2n) is 7.52. The van der Waals surface area contributed by atoms with Crippen LogP contribution in [0.3, 0.4) is 0 Å². The van der Waals surface area contributed by atoms with E-state index in [-0.39, 0.29) is 24.6 Å². The average Bonchev–Trinajstić information content (AvgIpc) is 3.27. The van der Waals surface area contributed by atoms with E-state index in [9.17, 15) is 8.42 Å². The Balaban J connectivity index is 1.34. The van der Waals surface area contributed by atoms with Crippen LogP contribution in [0.2, 0.25) is 0 Å². The monoisotopic (exact) mass is 403 g/mol. The molecule has 4 rings (SSSR count). The maximum absolute atomic E-state index is 10.9. The molecule has 0 bridgehead atoms. The van der Waals surface area contributed by atoms with Gasteiger partial charge in [0.25, 0.3) is 0 Å². The van der Waals surface area contributed by atoms with E-state index in [1.165, 1.54) is 11.1 Å². The topological polar surface area (TPSA) is 119 Å². The highest BCUT2D eigenvalue weighted by molar-refractivity contribution is 7.84. The van der Waals surface area contributed by atoms with Gasteiger partial charge in [-0.15, -0.1) is 0 Å². The van der Waals surface area contributed by atoms with Gasteiger partial charge in [0.1, 0.15) is 18.0 Å². The number of benzene rings is 1. The molecule has 2 aliphatic carbocycles. The summed E-state index contributed by atoms with van der Waals surface area (Å²) < 4.78 is 26.6. The van der Waals surface area contributed by atoms with E-state index in [4.69, 9.17) is 9.32 Å². The first-order chi connectivity index (χ1) is 13.5. The van der Waals surface area contributed by atoms with Crippen LogP contribution in [0.4, 0.5) is 11.6 Å². The Bertz CT molecular complexity index is 937. The van der Waals surface area contributed by atoms with Gasteiger partial charge < -0.3 is 10.6 Å². The number of fused-ring (bicyclic) bond motifs is 1. The van der Waals surface area contributed by atoms with E-state index < -0.39 is 10.3 Å². The maximum atomic E-state index is 10.9. The Morgan fingerprint density at radius 2 is 1.89 bits per heavy atom. The lowest BCUT2D eigenvalue weighted by atomic mass is 10.1. The van der Waals surface area contributed by atoms with Crippen LogP contribution < -0.4 is 15.8 Å². The molecular formula is C19H25N5O3S. The van der Waals surface area contributed by atoms with Crippen LogP contribution in [0.15, 0.2) is 36.7 Å². The van der Waals surface area contributed by atoms with Gasteiger partial charge in [-0.2, -0.15) is 8.42 Å². The van der Waals surface area contributed by atoms with Crippen molar-refractivity contribution >= 4 is 21.9 Å². The number of aryl methyl sites for hydroxylation is 1. The zero-order valence-electron chi connectivity index (χ0n) is 15.5.